The van der Waals surface area contributed by atoms with Gasteiger partial charge in [-0.25, -0.2) is 9.37 Å². The lowest BCUT2D eigenvalue weighted by Gasteiger charge is -2.03. The highest BCUT2D eigenvalue weighted by molar-refractivity contribution is 6.28. The van der Waals surface area contributed by atoms with Gasteiger partial charge in [0.05, 0.1) is 18.1 Å². The van der Waals surface area contributed by atoms with Crippen LogP contribution < -0.4 is 5.32 Å². The number of pyridine rings is 1. The molecule has 8 heteroatoms. The maximum atomic E-state index is 13.2. The van der Waals surface area contributed by atoms with Gasteiger partial charge in [-0.15, -0.1) is 0 Å². The second kappa shape index (κ2) is 4.43. The predicted molar refractivity (Wildman–Crippen MR) is 68.5 cm³/mol. The van der Waals surface area contributed by atoms with Crippen LogP contribution in [0.4, 0.5) is 10.1 Å². The number of fused-ring (bicyclic) bond motifs is 1. The molecule has 19 heavy (non-hydrogen) atoms. The van der Waals surface area contributed by atoms with E-state index in [1.807, 2.05) is 0 Å². The maximum Gasteiger partial charge on any atom is 0.227 e. The van der Waals surface area contributed by atoms with Crippen LogP contribution in [0, 0.1) is 5.82 Å². The van der Waals surface area contributed by atoms with Crippen molar-refractivity contribution in [3.63, 3.8) is 0 Å². The number of anilines is 1. The van der Waals surface area contributed by atoms with Crippen molar-refractivity contribution in [3.05, 3.63) is 35.8 Å². The Bertz CT molecular complexity index is 756. The summed E-state index contributed by atoms with van der Waals surface area (Å²) in [6, 6.07) is 1.30. The van der Waals surface area contributed by atoms with Crippen LogP contribution in [0.2, 0.25) is 5.28 Å². The summed E-state index contributed by atoms with van der Waals surface area (Å²) in [4.78, 5) is 12.2. The van der Waals surface area contributed by atoms with E-state index in [9.17, 15) is 4.39 Å². The normalized spacial score (nSPS) is 10.9. The molecule has 0 amide bonds. The van der Waals surface area contributed by atoms with Gasteiger partial charge in [0.25, 0.3) is 0 Å². The number of rotatable bonds is 2. The van der Waals surface area contributed by atoms with Crippen molar-refractivity contribution in [1.82, 2.24) is 24.6 Å². The average molecular weight is 279 g/mol. The topological polar surface area (TPSA) is 68.0 Å². The average Bonchev–Trinajstić information content (AvgIpc) is 2.82. The molecule has 6 nitrogen and oxygen atoms in total. The highest BCUT2D eigenvalue weighted by Gasteiger charge is 2.12. The molecule has 0 atom stereocenters. The lowest BCUT2D eigenvalue weighted by atomic mass is 10.2. The summed E-state index contributed by atoms with van der Waals surface area (Å²) in [7, 11) is 1.75. The number of aromatic nitrogens is 5. The lowest BCUT2D eigenvalue weighted by Crippen LogP contribution is -2.00. The number of nitrogens with one attached hydrogen (secondary N) is 1. The smallest absolute Gasteiger partial charge is 0.227 e. The van der Waals surface area contributed by atoms with Crippen molar-refractivity contribution in [1.29, 1.82) is 0 Å². The van der Waals surface area contributed by atoms with Crippen LogP contribution >= 0.6 is 11.6 Å². The SMILES string of the molecule is CNc1cnn2c(Cl)nc(-c3cncc(F)c3)nc12. The summed E-state index contributed by atoms with van der Waals surface area (Å²) >= 11 is 6.03. The summed E-state index contributed by atoms with van der Waals surface area (Å²) < 4.78 is 14.6. The number of nitrogens with zero attached hydrogens (tertiary/aromatic N) is 5. The Balaban J connectivity index is 2.25. The lowest BCUT2D eigenvalue weighted by molar-refractivity contribution is 0.622. The van der Waals surface area contributed by atoms with E-state index in [1.54, 1.807) is 13.2 Å². The monoisotopic (exact) mass is 278 g/mol. The molecular weight excluding hydrogens is 271 g/mol. The van der Waals surface area contributed by atoms with Gasteiger partial charge in [0, 0.05) is 18.8 Å². The van der Waals surface area contributed by atoms with Crippen LogP contribution in [-0.4, -0.2) is 31.6 Å². The minimum atomic E-state index is -0.459. The van der Waals surface area contributed by atoms with Gasteiger partial charge in [-0.2, -0.15) is 14.6 Å². The van der Waals surface area contributed by atoms with Crippen molar-refractivity contribution < 1.29 is 4.39 Å². The third kappa shape index (κ3) is 1.97. The fourth-order valence-corrected chi connectivity index (χ4v) is 1.89. The number of hydrogen-bond donors (Lipinski definition) is 1. The molecule has 0 aliphatic heterocycles. The Hall–Kier alpha value is -2.28. The van der Waals surface area contributed by atoms with Crippen molar-refractivity contribution >= 4 is 22.9 Å². The molecule has 0 aliphatic rings. The van der Waals surface area contributed by atoms with E-state index in [0.717, 1.165) is 6.20 Å². The van der Waals surface area contributed by atoms with E-state index < -0.39 is 5.82 Å². The maximum absolute atomic E-state index is 13.2. The summed E-state index contributed by atoms with van der Waals surface area (Å²) in [6.07, 6.45) is 4.17. The molecule has 3 heterocycles. The molecule has 96 valence electrons. The molecule has 0 aromatic carbocycles. The van der Waals surface area contributed by atoms with E-state index in [0.29, 0.717) is 22.7 Å². The quantitative estimate of drug-likeness (QED) is 0.777. The zero-order chi connectivity index (χ0) is 13.4. The van der Waals surface area contributed by atoms with Crippen LogP contribution in [0.5, 0.6) is 0 Å². The molecule has 1 N–H and O–H groups in total. The van der Waals surface area contributed by atoms with Crippen LogP contribution in [-0.2, 0) is 0 Å². The molecule has 0 bridgehead atoms. The Morgan fingerprint density at radius 2 is 2.11 bits per heavy atom. The minimum Gasteiger partial charge on any atom is -0.384 e. The van der Waals surface area contributed by atoms with Crippen LogP contribution in [0.1, 0.15) is 0 Å². The van der Waals surface area contributed by atoms with E-state index in [1.165, 1.54) is 16.8 Å². The zero-order valence-electron chi connectivity index (χ0n) is 9.80. The molecule has 0 radical (unpaired) electrons. The first-order chi connectivity index (χ1) is 9.19. The van der Waals surface area contributed by atoms with Gasteiger partial charge < -0.3 is 5.32 Å². The molecule has 0 aliphatic carbocycles. The molecule has 3 aromatic heterocycles. The van der Waals surface area contributed by atoms with Crippen molar-refractivity contribution in [2.45, 2.75) is 0 Å². The largest absolute Gasteiger partial charge is 0.384 e. The van der Waals surface area contributed by atoms with Gasteiger partial charge in [-0.3, -0.25) is 4.98 Å². The number of hydrogen-bond acceptors (Lipinski definition) is 5. The first-order valence-corrected chi connectivity index (χ1v) is 5.77. The molecule has 3 aromatic rings. The van der Waals surface area contributed by atoms with Gasteiger partial charge >= 0.3 is 0 Å². The summed E-state index contributed by atoms with van der Waals surface area (Å²) in [5.74, 6) is -0.166. The summed E-state index contributed by atoms with van der Waals surface area (Å²) in [6.45, 7) is 0. The van der Waals surface area contributed by atoms with Crippen LogP contribution in [0.15, 0.2) is 24.7 Å². The van der Waals surface area contributed by atoms with Crippen molar-refractivity contribution in [2.75, 3.05) is 12.4 Å². The first-order valence-electron chi connectivity index (χ1n) is 5.39. The molecule has 3 rings (SSSR count). The van der Waals surface area contributed by atoms with Gasteiger partial charge in [-0.05, 0) is 17.7 Å². The third-order valence-electron chi connectivity index (χ3n) is 2.56. The second-order valence-corrected chi connectivity index (χ2v) is 4.09. The highest BCUT2D eigenvalue weighted by Crippen LogP contribution is 2.22. The second-order valence-electron chi connectivity index (χ2n) is 3.75. The molecular formula is C11H8ClFN6. The third-order valence-corrected chi connectivity index (χ3v) is 2.81. The standard InChI is InChI=1S/C11H8ClFN6/c1-14-8-5-16-19-10(8)17-9(18-11(19)12)6-2-7(13)4-15-3-6/h2-5,14H,1H3. The van der Waals surface area contributed by atoms with Gasteiger partial charge in [0.2, 0.25) is 5.28 Å². The molecule has 0 fully saturated rings. The van der Waals surface area contributed by atoms with E-state index in [-0.39, 0.29) is 5.28 Å². The Labute approximate surface area is 112 Å². The van der Waals surface area contributed by atoms with Gasteiger partial charge in [-0.1, -0.05) is 0 Å². The summed E-state index contributed by atoms with van der Waals surface area (Å²) in [5, 5.41) is 7.14. The van der Waals surface area contributed by atoms with Gasteiger partial charge in [0.1, 0.15) is 5.82 Å². The predicted octanol–water partition coefficient (Wildman–Crippen LogP) is 2.02. The fraction of sp³-hybridized carbons (Fsp3) is 0.0909. The molecule has 0 saturated heterocycles. The van der Waals surface area contributed by atoms with E-state index in [4.69, 9.17) is 11.6 Å². The van der Waals surface area contributed by atoms with Crippen LogP contribution in [0.25, 0.3) is 17.0 Å². The minimum absolute atomic E-state index is 0.144. The first kappa shape index (κ1) is 11.8. The molecule has 0 unspecified atom stereocenters. The van der Waals surface area contributed by atoms with Crippen LogP contribution in [0.3, 0.4) is 0 Å². The zero-order valence-corrected chi connectivity index (χ0v) is 10.6. The Morgan fingerprint density at radius 3 is 2.84 bits per heavy atom. The van der Waals surface area contributed by atoms with Crippen molar-refractivity contribution in [2.24, 2.45) is 0 Å². The summed E-state index contributed by atoms with van der Waals surface area (Å²) in [5.41, 5.74) is 1.67. The Kier molecular flexibility index (Phi) is 2.75. The van der Waals surface area contributed by atoms with E-state index in [2.05, 4.69) is 25.4 Å². The fourth-order valence-electron chi connectivity index (χ4n) is 1.68. The molecule has 0 saturated carbocycles. The van der Waals surface area contributed by atoms with Gasteiger partial charge in [0.15, 0.2) is 11.5 Å². The van der Waals surface area contributed by atoms with E-state index >= 15 is 0 Å². The number of halogens is 2. The molecule has 0 spiro atoms. The highest BCUT2D eigenvalue weighted by atomic mass is 35.5. The Morgan fingerprint density at radius 1 is 1.26 bits per heavy atom. The van der Waals surface area contributed by atoms with Crippen molar-refractivity contribution in [3.8, 4) is 11.4 Å².